The Morgan fingerprint density at radius 2 is 1.62 bits per heavy atom. The maximum atomic E-state index is 12.6. The Kier molecular flexibility index (Phi) is 6.47. The average molecular weight is 391 g/mol. The number of carbonyl (C=O) groups excluding carboxylic acids is 2. The molecular formula is C23H21NO5. The molecule has 148 valence electrons. The number of benzene rings is 3. The molecule has 0 aliphatic carbocycles. The van der Waals surface area contributed by atoms with E-state index in [4.69, 9.17) is 14.2 Å². The van der Waals surface area contributed by atoms with Crippen molar-refractivity contribution in [2.75, 3.05) is 19.0 Å². The highest BCUT2D eigenvalue weighted by Gasteiger charge is 2.15. The normalized spacial score (nSPS) is 10.1. The summed E-state index contributed by atoms with van der Waals surface area (Å²) in [5, 5.41) is 2.81. The van der Waals surface area contributed by atoms with E-state index in [1.165, 1.54) is 6.07 Å². The highest BCUT2D eigenvalue weighted by Crippen LogP contribution is 2.32. The van der Waals surface area contributed by atoms with Gasteiger partial charge in [0.1, 0.15) is 11.5 Å². The van der Waals surface area contributed by atoms with Gasteiger partial charge in [-0.1, -0.05) is 24.3 Å². The minimum atomic E-state index is -0.476. The molecule has 0 unspecified atom stereocenters. The number of nitrogens with one attached hydrogen (secondary N) is 1. The van der Waals surface area contributed by atoms with Gasteiger partial charge in [0.25, 0.3) is 5.91 Å². The lowest BCUT2D eigenvalue weighted by molar-refractivity contribution is 0.0526. The van der Waals surface area contributed by atoms with Crippen LogP contribution in [0.1, 0.15) is 27.6 Å². The molecule has 6 nitrogen and oxygen atoms in total. The lowest BCUT2D eigenvalue weighted by Crippen LogP contribution is -2.13. The number of carbonyl (C=O) groups is 2. The average Bonchev–Trinajstić information content (AvgIpc) is 2.75. The van der Waals surface area contributed by atoms with Crippen molar-refractivity contribution in [2.45, 2.75) is 6.92 Å². The molecule has 1 amide bonds. The Labute approximate surface area is 169 Å². The number of hydrogen-bond acceptors (Lipinski definition) is 5. The molecule has 6 heteroatoms. The van der Waals surface area contributed by atoms with Crippen molar-refractivity contribution in [2.24, 2.45) is 0 Å². The molecule has 0 atom stereocenters. The van der Waals surface area contributed by atoms with Gasteiger partial charge in [-0.15, -0.1) is 0 Å². The number of rotatable bonds is 7. The summed E-state index contributed by atoms with van der Waals surface area (Å²) in [7, 11) is 1.57. The van der Waals surface area contributed by atoms with Crippen molar-refractivity contribution in [3.63, 3.8) is 0 Å². The SMILES string of the molecule is CCOC(=O)c1ccc(Oc2cccc(OC)c2)c(NC(=O)c2ccccc2)c1. The Balaban J connectivity index is 1.93. The number of esters is 1. The van der Waals surface area contributed by atoms with Gasteiger partial charge >= 0.3 is 5.97 Å². The van der Waals surface area contributed by atoms with Crippen LogP contribution in [0.2, 0.25) is 0 Å². The Hall–Kier alpha value is -3.80. The van der Waals surface area contributed by atoms with Gasteiger partial charge in [0.15, 0.2) is 5.75 Å². The number of ether oxygens (including phenoxy) is 3. The third-order valence-electron chi connectivity index (χ3n) is 4.04. The predicted molar refractivity (Wildman–Crippen MR) is 110 cm³/mol. The van der Waals surface area contributed by atoms with Crippen molar-refractivity contribution in [3.05, 3.63) is 83.9 Å². The van der Waals surface area contributed by atoms with Gasteiger partial charge in [0, 0.05) is 11.6 Å². The smallest absolute Gasteiger partial charge is 0.338 e. The van der Waals surface area contributed by atoms with Gasteiger partial charge in [0.05, 0.1) is 25.0 Å². The zero-order valence-electron chi connectivity index (χ0n) is 16.2. The minimum absolute atomic E-state index is 0.257. The fourth-order valence-corrected chi connectivity index (χ4v) is 2.63. The van der Waals surface area contributed by atoms with Gasteiger partial charge in [-0.3, -0.25) is 4.79 Å². The van der Waals surface area contributed by atoms with Gasteiger partial charge in [0.2, 0.25) is 0 Å². The molecule has 0 aliphatic rings. The van der Waals surface area contributed by atoms with Crippen LogP contribution in [0.3, 0.4) is 0 Å². The lowest BCUT2D eigenvalue weighted by Gasteiger charge is -2.14. The van der Waals surface area contributed by atoms with Crippen LogP contribution in [0, 0.1) is 0 Å². The van der Waals surface area contributed by atoms with Crippen LogP contribution in [0.15, 0.2) is 72.8 Å². The summed E-state index contributed by atoms with van der Waals surface area (Å²) in [5.41, 5.74) is 1.15. The van der Waals surface area contributed by atoms with Gasteiger partial charge in [-0.25, -0.2) is 4.79 Å². The van der Waals surface area contributed by atoms with Crippen LogP contribution in [0.5, 0.6) is 17.2 Å². The standard InChI is InChI=1S/C23H21NO5/c1-3-28-23(26)17-12-13-21(29-19-11-7-10-18(15-19)27-2)20(14-17)24-22(25)16-8-5-4-6-9-16/h4-15H,3H2,1-2H3,(H,24,25). The Morgan fingerprint density at radius 1 is 0.862 bits per heavy atom. The van der Waals surface area contributed by atoms with Crippen LogP contribution in [-0.2, 0) is 4.74 Å². The summed E-state index contributed by atoms with van der Waals surface area (Å²) < 4.78 is 16.2. The first-order valence-corrected chi connectivity index (χ1v) is 9.10. The van der Waals surface area contributed by atoms with Crippen LogP contribution >= 0.6 is 0 Å². The number of hydrogen-bond donors (Lipinski definition) is 1. The van der Waals surface area contributed by atoms with Gasteiger partial charge in [-0.05, 0) is 49.4 Å². The van der Waals surface area contributed by atoms with Crippen LogP contribution in [-0.4, -0.2) is 25.6 Å². The maximum Gasteiger partial charge on any atom is 0.338 e. The summed E-state index contributed by atoms with van der Waals surface area (Å²) in [6, 6.07) is 20.6. The largest absolute Gasteiger partial charge is 0.497 e. The molecule has 0 fully saturated rings. The highest BCUT2D eigenvalue weighted by atomic mass is 16.5. The molecule has 0 saturated heterocycles. The van der Waals surface area contributed by atoms with E-state index in [2.05, 4.69) is 5.32 Å². The summed E-state index contributed by atoms with van der Waals surface area (Å²) in [6.45, 7) is 1.99. The second-order valence-electron chi connectivity index (χ2n) is 6.03. The maximum absolute atomic E-state index is 12.6. The third-order valence-corrected chi connectivity index (χ3v) is 4.04. The molecule has 0 heterocycles. The van der Waals surface area contributed by atoms with Crippen molar-refractivity contribution < 1.29 is 23.8 Å². The van der Waals surface area contributed by atoms with E-state index in [0.29, 0.717) is 34.1 Å². The molecule has 0 radical (unpaired) electrons. The molecule has 3 rings (SSSR count). The fourth-order valence-electron chi connectivity index (χ4n) is 2.63. The second kappa shape index (κ2) is 9.41. The summed E-state index contributed by atoms with van der Waals surface area (Å²) in [6.07, 6.45) is 0. The summed E-state index contributed by atoms with van der Waals surface area (Å²) in [5.74, 6) is 0.761. The zero-order valence-corrected chi connectivity index (χ0v) is 16.2. The molecule has 0 bridgehead atoms. The van der Waals surface area contributed by atoms with Gasteiger partial charge < -0.3 is 19.5 Å². The van der Waals surface area contributed by atoms with E-state index in [-0.39, 0.29) is 12.5 Å². The van der Waals surface area contributed by atoms with Crippen molar-refractivity contribution in [1.82, 2.24) is 0 Å². The minimum Gasteiger partial charge on any atom is -0.497 e. The van der Waals surface area contributed by atoms with Gasteiger partial charge in [-0.2, -0.15) is 0 Å². The van der Waals surface area contributed by atoms with Crippen LogP contribution in [0.25, 0.3) is 0 Å². The second-order valence-corrected chi connectivity index (χ2v) is 6.03. The number of methoxy groups -OCH3 is 1. The highest BCUT2D eigenvalue weighted by molar-refractivity contribution is 6.05. The van der Waals surface area contributed by atoms with E-state index in [1.54, 1.807) is 74.7 Å². The molecule has 1 N–H and O–H groups in total. The first kappa shape index (κ1) is 19.9. The molecule has 3 aromatic carbocycles. The quantitative estimate of drug-likeness (QED) is 0.579. The van der Waals surface area contributed by atoms with E-state index in [1.807, 2.05) is 6.07 Å². The van der Waals surface area contributed by atoms with E-state index < -0.39 is 5.97 Å². The van der Waals surface area contributed by atoms with Crippen LogP contribution < -0.4 is 14.8 Å². The monoisotopic (exact) mass is 391 g/mol. The Bertz CT molecular complexity index is 1000. The Morgan fingerprint density at radius 3 is 2.34 bits per heavy atom. The topological polar surface area (TPSA) is 73.9 Å². The van der Waals surface area contributed by atoms with Crippen LogP contribution in [0.4, 0.5) is 5.69 Å². The van der Waals surface area contributed by atoms with E-state index in [0.717, 1.165) is 0 Å². The molecule has 0 aromatic heterocycles. The van der Waals surface area contributed by atoms with Crippen molar-refractivity contribution >= 4 is 17.6 Å². The van der Waals surface area contributed by atoms with E-state index in [9.17, 15) is 9.59 Å². The molecular weight excluding hydrogens is 370 g/mol. The van der Waals surface area contributed by atoms with E-state index >= 15 is 0 Å². The lowest BCUT2D eigenvalue weighted by atomic mass is 10.1. The first-order chi connectivity index (χ1) is 14.1. The third kappa shape index (κ3) is 5.13. The number of amides is 1. The summed E-state index contributed by atoms with van der Waals surface area (Å²) >= 11 is 0. The van der Waals surface area contributed by atoms with Crippen molar-refractivity contribution in [1.29, 1.82) is 0 Å². The molecule has 3 aromatic rings. The van der Waals surface area contributed by atoms with Crippen molar-refractivity contribution in [3.8, 4) is 17.2 Å². The molecule has 0 aliphatic heterocycles. The predicted octanol–water partition coefficient (Wildman–Crippen LogP) is 4.92. The first-order valence-electron chi connectivity index (χ1n) is 9.10. The molecule has 0 spiro atoms. The zero-order chi connectivity index (χ0) is 20.6. The molecule has 29 heavy (non-hydrogen) atoms. The number of anilines is 1. The fraction of sp³-hybridized carbons (Fsp3) is 0.130. The summed E-state index contributed by atoms with van der Waals surface area (Å²) in [4.78, 5) is 24.7. The molecule has 0 saturated carbocycles.